The summed E-state index contributed by atoms with van der Waals surface area (Å²) in [5, 5.41) is 5.07. The molecular formula is C12H16BrNO4S. The topological polar surface area (TPSA) is 86.5 Å². The summed E-state index contributed by atoms with van der Waals surface area (Å²) in [5.41, 5.74) is 0.823. The Morgan fingerprint density at radius 1 is 1.42 bits per heavy atom. The molecule has 0 fully saturated rings. The monoisotopic (exact) mass is 349 g/mol. The predicted octanol–water partition coefficient (Wildman–Crippen LogP) is 2.36. The van der Waals surface area contributed by atoms with Crippen LogP contribution in [0.4, 0.5) is 0 Å². The van der Waals surface area contributed by atoms with Crippen LogP contribution in [0.15, 0.2) is 21.5 Å². The van der Waals surface area contributed by atoms with E-state index >= 15 is 0 Å². The van der Waals surface area contributed by atoms with Crippen LogP contribution in [0.25, 0.3) is 0 Å². The Labute approximate surface area is 121 Å². The first kappa shape index (κ1) is 16.1. The van der Waals surface area contributed by atoms with Crippen molar-refractivity contribution in [3.63, 3.8) is 0 Å². The maximum absolute atomic E-state index is 11.9. The van der Waals surface area contributed by atoms with Gasteiger partial charge < -0.3 is 4.74 Å². The van der Waals surface area contributed by atoms with Crippen LogP contribution in [0.3, 0.4) is 0 Å². The van der Waals surface area contributed by atoms with Gasteiger partial charge in [0.05, 0.1) is 17.1 Å². The van der Waals surface area contributed by atoms with Crippen LogP contribution in [0.2, 0.25) is 0 Å². The van der Waals surface area contributed by atoms with E-state index in [0.29, 0.717) is 16.6 Å². The number of primary sulfonamides is 1. The van der Waals surface area contributed by atoms with Crippen LogP contribution in [-0.2, 0) is 14.8 Å². The van der Waals surface area contributed by atoms with Gasteiger partial charge in [-0.25, -0.2) is 18.4 Å². The molecule has 0 bridgehead atoms. The molecule has 0 aromatic heterocycles. The molecule has 0 amide bonds. The number of carbonyl (C=O) groups is 1. The molecular weight excluding hydrogens is 334 g/mol. The normalized spacial score (nSPS) is 11.4. The highest BCUT2D eigenvalue weighted by atomic mass is 79.9. The van der Waals surface area contributed by atoms with Gasteiger partial charge in [0.15, 0.2) is 0 Å². The molecule has 1 aromatic rings. The third-order valence-corrected chi connectivity index (χ3v) is 4.31. The summed E-state index contributed by atoms with van der Waals surface area (Å²) in [4.78, 5) is 11.8. The van der Waals surface area contributed by atoms with Crippen LogP contribution in [0, 0.1) is 6.92 Å². The Bertz CT molecular complexity index is 584. The van der Waals surface area contributed by atoms with E-state index in [1.807, 2.05) is 6.92 Å². The molecule has 0 atom stereocenters. The lowest BCUT2D eigenvalue weighted by molar-refractivity contribution is 0.0498. The SMILES string of the molecule is CCCCOC(=O)c1cc(S(N)(=O)=O)cc(Br)c1C. The fourth-order valence-corrected chi connectivity index (χ4v) is 2.59. The minimum Gasteiger partial charge on any atom is -0.462 e. The van der Waals surface area contributed by atoms with E-state index in [-0.39, 0.29) is 10.5 Å². The van der Waals surface area contributed by atoms with Gasteiger partial charge in [-0.2, -0.15) is 0 Å². The van der Waals surface area contributed by atoms with Crippen molar-refractivity contribution in [2.45, 2.75) is 31.6 Å². The zero-order chi connectivity index (χ0) is 14.6. The molecule has 5 nitrogen and oxygen atoms in total. The van der Waals surface area contributed by atoms with Crippen molar-refractivity contribution in [3.8, 4) is 0 Å². The number of nitrogens with two attached hydrogens (primary N) is 1. The molecule has 0 unspecified atom stereocenters. The van der Waals surface area contributed by atoms with Crippen molar-refractivity contribution in [2.24, 2.45) is 5.14 Å². The molecule has 106 valence electrons. The number of unbranched alkanes of at least 4 members (excludes halogenated alkanes) is 1. The van der Waals surface area contributed by atoms with Gasteiger partial charge in [0, 0.05) is 4.47 Å². The van der Waals surface area contributed by atoms with Crippen LogP contribution < -0.4 is 5.14 Å². The Balaban J connectivity index is 3.13. The zero-order valence-electron chi connectivity index (χ0n) is 10.8. The number of carbonyl (C=O) groups excluding carboxylic acids is 1. The first-order chi connectivity index (χ1) is 8.77. The maximum Gasteiger partial charge on any atom is 0.338 e. The first-order valence-electron chi connectivity index (χ1n) is 5.77. The van der Waals surface area contributed by atoms with Crippen molar-refractivity contribution in [3.05, 3.63) is 27.7 Å². The molecule has 0 heterocycles. The average molecular weight is 350 g/mol. The Kier molecular flexibility index (Phi) is 5.51. The van der Waals surface area contributed by atoms with Crippen molar-refractivity contribution in [1.29, 1.82) is 0 Å². The van der Waals surface area contributed by atoms with Gasteiger partial charge in [-0.05, 0) is 31.0 Å². The number of benzene rings is 1. The second kappa shape index (κ2) is 6.49. The summed E-state index contributed by atoms with van der Waals surface area (Å²) in [6.45, 7) is 4.00. The van der Waals surface area contributed by atoms with Crippen molar-refractivity contribution in [1.82, 2.24) is 0 Å². The lowest BCUT2D eigenvalue weighted by Crippen LogP contribution is -2.15. The van der Waals surface area contributed by atoms with Crippen LogP contribution in [0.5, 0.6) is 0 Å². The Hall–Kier alpha value is -0.920. The Morgan fingerprint density at radius 3 is 2.58 bits per heavy atom. The number of sulfonamides is 1. The van der Waals surface area contributed by atoms with Gasteiger partial charge in [0.2, 0.25) is 10.0 Å². The fourth-order valence-electron chi connectivity index (χ4n) is 1.42. The highest BCUT2D eigenvalue weighted by Gasteiger charge is 2.18. The number of halogens is 1. The maximum atomic E-state index is 11.9. The molecule has 0 spiro atoms. The summed E-state index contributed by atoms with van der Waals surface area (Å²) in [5.74, 6) is -0.544. The molecule has 0 saturated carbocycles. The molecule has 0 aliphatic rings. The second-order valence-corrected chi connectivity index (χ2v) is 6.53. The summed E-state index contributed by atoms with van der Waals surface area (Å²) in [6, 6.07) is 2.61. The van der Waals surface area contributed by atoms with Crippen molar-refractivity contribution >= 4 is 31.9 Å². The van der Waals surface area contributed by atoms with E-state index in [1.165, 1.54) is 12.1 Å². The van der Waals surface area contributed by atoms with Gasteiger partial charge in [-0.3, -0.25) is 0 Å². The standard InChI is InChI=1S/C12H16BrNO4S/c1-3-4-5-18-12(15)10-6-9(19(14,16)17)7-11(13)8(10)2/h6-7H,3-5H2,1-2H3,(H2,14,16,17). The largest absolute Gasteiger partial charge is 0.462 e. The number of hydrogen-bond donors (Lipinski definition) is 1. The highest BCUT2D eigenvalue weighted by molar-refractivity contribution is 9.10. The van der Waals surface area contributed by atoms with Gasteiger partial charge in [-0.1, -0.05) is 29.3 Å². The number of esters is 1. The number of ether oxygens (including phenoxy) is 1. The third kappa shape index (κ3) is 4.29. The second-order valence-electron chi connectivity index (χ2n) is 4.11. The molecule has 1 aromatic carbocycles. The minimum atomic E-state index is -3.86. The van der Waals surface area contributed by atoms with Gasteiger partial charge in [0.1, 0.15) is 0 Å². The lowest BCUT2D eigenvalue weighted by atomic mass is 10.1. The van der Waals surface area contributed by atoms with Gasteiger partial charge in [0.25, 0.3) is 0 Å². The van der Waals surface area contributed by atoms with Crippen LogP contribution in [-0.4, -0.2) is 21.0 Å². The van der Waals surface area contributed by atoms with Crippen LogP contribution in [0.1, 0.15) is 35.7 Å². The molecule has 0 aliphatic heterocycles. The fraction of sp³-hybridized carbons (Fsp3) is 0.417. The van der Waals surface area contributed by atoms with Crippen molar-refractivity contribution < 1.29 is 17.9 Å². The molecule has 7 heteroatoms. The summed E-state index contributed by atoms with van der Waals surface area (Å²) in [6.07, 6.45) is 1.67. The Morgan fingerprint density at radius 2 is 2.05 bits per heavy atom. The lowest BCUT2D eigenvalue weighted by Gasteiger charge is -2.10. The molecule has 0 radical (unpaired) electrons. The third-order valence-electron chi connectivity index (χ3n) is 2.60. The smallest absolute Gasteiger partial charge is 0.338 e. The van der Waals surface area contributed by atoms with E-state index in [2.05, 4.69) is 15.9 Å². The van der Waals surface area contributed by atoms with E-state index in [4.69, 9.17) is 9.88 Å². The van der Waals surface area contributed by atoms with E-state index in [9.17, 15) is 13.2 Å². The van der Waals surface area contributed by atoms with E-state index < -0.39 is 16.0 Å². The average Bonchev–Trinajstić information content (AvgIpc) is 2.31. The molecule has 0 aliphatic carbocycles. The summed E-state index contributed by atoms with van der Waals surface area (Å²) < 4.78 is 28.3. The number of rotatable bonds is 5. The van der Waals surface area contributed by atoms with Gasteiger partial charge >= 0.3 is 5.97 Å². The minimum absolute atomic E-state index is 0.118. The van der Waals surface area contributed by atoms with E-state index in [0.717, 1.165) is 12.8 Å². The quantitative estimate of drug-likeness (QED) is 0.652. The summed E-state index contributed by atoms with van der Waals surface area (Å²) in [7, 11) is -3.86. The summed E-state index contributed by atoms with van der Waals surface area (Å²) >= 11 is 3.21. The zero-order valence-corrected chi connectivity index (χ0v) is 13.2. The highest BCUT2D eigenvalue weighted by Crippen LogP contribution is 2.25. The van der Waals surface area contributed by atoms with Gasteiger partial charge in [-0.15, -0.1) is 0 Å². The molecule has 1 rings (SSSR count). The van der Waals surface area contributed by atoms with Crippen molar-refractivity contribution in [2.75, 3.05) is 6.61 Å². The molecule has 19 heavy (non-hydrogen) atoms. The number of hydrogen-bond acceptors (Lipinski definition) is 4. The van der Waals surface area contributed by atoms with Crippen LogP contribution >= 0.6 is 15.9 Å². The predicted molar refractivity (Wildman–Crippen MR) is 75.4 cm³/mol. The van der Waals surface area contributed by atoms with E-state index in [1.54, 1.807) is 6.92 Å². The first-order valence-corrected chi connectivity index (χ1v) is 8.11. The molecule has 2 N–H and O–H groups in total. The molecule has 0 saturated heterocycles.